The zero-order valence-corrected chi connectivity index (χ0v) is 12.8. The van der Waals surface area contributed by atoms with Gasteiger partial charge in [0.25, 0.3) is 0 Å². The van der Waals surface area contributed by atoms with Crippen molar-refractivity contribution in [1.82, 2.24) is 5.32 Å². The van der Waals surface area contributed by atoms with E-state index in [1.807, 2.05) is 12.1 Å². The standard InChI is InChI=1S/C15H14BrClFN/c1-10(11-3-2-4-13(16)7-11)19-9-12-5-6-14(18)8-15(12)17/h2-8,10,19H,9H2,1H3/t10-/m1/s1. The molecule has 0 aliphatic heterocycles. The fourth-order valence-electron chi connectivity index (χ4n) is 1.82. The van der Waals surface area contributed by atoms with Crippen molar-refractivity contribution < 1.29 is 4.39 Å². The van der Waals surface area contributed by atoms with E-state index in [-0.39, 0.29) is 11.9 Å². The molecule has 100 valence electrons. The first kappa shape index (κ1) is 14.5. The first-order chi connectivity index (χ1) is 9.06. The van der Waals surface area contributed by atoms with Crippen LogP contribution in [0.5, 0.6) is 0 Å². The molecule has 0 radical (unpaired) electrons. The maximum atomic E-state index is 12.9. The summed E-state index contributed by atoms with van der Waals surface area (Å²) in [5.74, 6) is -0.311. The Morgan fingerprint density at radius 3 is 2.74 bits per heavy atom. The molecule has 2 aromatic rings. The SMILES string of the molecule is C[C@@H](NCc1ccc(F)cc1Cl)c1cccc(Br)c1. The number of halogens is 3. The Balaban J connectivity index is 2.02. The van der Waals surface area contributed by atoms with E-state index in [1.165, 1.54) is 17.7 Å². The van der Waals surface area contributed by atoms with E-state index in [0.717, 1.165) is 10.0 Å². The molecule has 19 heavy (non-hydrogen) atoms. The molecule has 0 unspecified atom stereocenters. The Morgan fingerprint density at radius 2 is 2.05 bits per heavy atom. The zero-order chi connectivity index (χ0) is 13.8. The smallest absolute Gasteiger partial charge is 0.124 e. The molecule has 0 bridgehead atoms. The summed E-state index contributed by atoms with van der Waals surface area (Å²) in [6, 6.07) is 12.8. The average Bonchev–Trinajstić information content (AvgIpc) is 2.37. The number of hydrogen-bond acceptors (Lipinski definition) is 1. The maximum Gasteiger partial charge on any atom is 0.124 e. The highest BCUT2D eigenvalue weighted by atomic mass is 79.9. The van der Waals surface area contributed by atoms with Crippen LogP contribution in [-0.4, -0.2) is 0 Å². The third-order valence-corrected chi connectivity index (χ3v) is 3.81. The first-order valence-electron chi connectivity index (χ1n) is 5.99. The van der Waals surface area contributed by atoms with Crippen LogP contribution < -0.4 is 5.32 Å². The minimum atomic E-state index is -0.311. The highest BCUT2D eigenvalue weighted by Gasteiger charge is 2.07. The van der Waals surface area contributed by atoms with Gasteiger partial charge < -0.3 is 5.32 Å². The lowest BCUT2D eigenvalue weighted by Gasteiger charge is -2.15. The summed E-state index contributed by atoms with van der Waals surface area (Å²) in [7, 11) is 0. The first-order valence-corrected chi connectivity index (χ1v) is 7.16. The lowest BCUT2D eigenvalue weighted by molar-refractivity contribution is 0.572. The van der Waals surface area contributed by atoms with Gasteiger partial charge >= 0.3 is 0 Å². The molecule has 1 nitrogen and oxygen atoms in total. The fourth-order valence-corrected chi connectivity index (χ4v) is 2.47. The fraction of sp³-hybridized carbons (Fsp3) is 0.200. The van der Waals surface area contributed by atoms with Crippen LogP contribution in [0.3, 0.4) is 0 Å². The molecule has 1 atom stereocenters. The predicted molar refractivity (Wildman–Crippen MR) is 80.8 cm³/mol. The Labute approximate surface area is 125 Å². The van der Waals surface area contributed by atoms with Crippen molar-refractivity contribution in [2.45, 2.75) is 19.5 Å². The van der Waals surface area contributed by atoms with Crippen LogP contribution in [0.15, 0.2) is 46.9 Å². The van der Waals surface area contributed by atoms with Gasteiger partial charge in [-0.1, -0.05) is 45.7 Å². The van der Waals surface area contributed by atoms with Crippen LogP contribution in [0.2, 0.25) is 5.02 Å². The van der Waals surface area contributed by atoms with Gasteiger partial charge in [0, 0.05) is 22.1 Å². The van der Waals surface area contributed by atoms with E-state index in [2.05, 4.69) is 40.3 Å². The Morgan fingerprint density at radius 1 is 1.26 bits per heavy atom. The molecule has 0 fully saturated rings. The van der Waals surface area contributed by atoms with E-state index in [9.17, 15) is 4.39 Å². The third kappa shape index (κ3) is 4.03. The molecule has 1 N–H and O–H groups in total. The van der Waals surface area contributed by atoms with E-state index >= 15 is 0 Å². The Kier molecular flexibility index (Phi) is 4.97. The second-order valence-electron chi connectivity index (χ2n) is 4.39. The molecule has 0 saturated heterocycles. The summed E-state index contributed by atoms with van der Waals surface area (Å²) >= 11 is 9.45. The van der Waals surface area contributed by atoms with Crippen molar-refractivity contribution >= 4 is 27.5 Å². The van der Waals surface area contributed by atoms with Crippen molar-refractivity contribution in [3.05, 3.63) is 68.9 Å². The van der Waals surface area contributed by atoms with Crippen molar-refractivity contribution in [2.24, 2.45) is 0 Å². The number of benzene rings is 2. The molecular formula is C15H14BrClFN. The minimum absolute atomic E-state index is 0.193. The predicted octanol–water partition coefficient (Wildman–Crippen LogP) is 5.09. The lowest BCUT2D eigenvalue weighted by Crippen LogP contribution is -2.18. The van der Waals surface area contributed by atoms with Crippen LogP contribution >= 0.6 is 27.5 Å². The van der Waals surface area contributed by atoms with Gasteiger partial charge in [0.1, 0.15) is 5.82 Å². The van der Waals surface area contributed by atoms with Gasteiger partial charge in [-0.3, -0.25) is 0 Å². The molecule has 2 aromatic carbocycles. The molecule has 0 spiro atoms. The summed E-state index contributed by atoms with van der Waals surface area (Å²) < 4.78 is 14.0. The number of nitrogens with one attached hydrogen (secondary N) is 1. The van der Waals surface area contributed by atoms with Crippen molar-refractivity contribution in [3.8, 4) is 0 Å². The van der Waals surface area contributed by atoms with Crippen LogP contribution in [0, 0.1) is 5.82 Å². The van der Waals surface area contributed by atoms with Gasteiger partial charge in [0.15, 0.2) is 0 Å². The van der Waals surface area contributed by atoms with Gasteiger partial charge in [0.2, 0.25) is 0 Å². The topological polar surface area (TPSA) is 12.0 Å². The highest BCUT2D eigenvalue weighted by molar-refractivity contribution is 9.10. The largest absolute Gasteiger partial charge is 0.306 e. The van der Waals surface area contributed by atoms with E-state index < -0.39 is 0 Å². The van der Waals surface area contributed by atoms with E-state index in [4.69, 9.17) is 11.6 Å². The summed E-state index contributed by atoms with van der Waals surface area (Å²) in [4.78, 5) is 0. The van der Waals surface area contributed by atoms with Crippen LogP contribution in [0.1, 0.15) is 24.1 Å². The minimum Gasteiger partial charge on any atom is -0.306 e. The summed E-state index contributed by atoms with van der Waals surface area (Å²) in [6.45, 7) is 2.69. The van der Waals surface area contributed by atoms with Crippen molar-refractivity contribution in [2.75, 3.05) is 0 Å². The van der Waals surface area contributed by atoms with Gasteiger partial charge in [0.05, 0.1) is 0 Å². The molecule has 4 heteroatoms. The maximum absolute atomic E-state index is 12.9. The quantitative estimate of drug-likeness (QED) is 0.816. The third-order valence-electron chi connectivity index (χ3n) is 2.96. The lowest BCUT2D eigenvalue weighted by atomic mass is 10.1. The Hall–Kier alpha value is -0.900. The normalized spacial score (nSPS) is 12.4. The molecule has 0 aliphatic carbocycles. The number of rotatable bonds is 4. The van der Waals surface area contributed by atoms with Crippen molar-refractivity contribution in [3.63, 3.8) is 0 Å². The molecule has 0 amide bonds. The average molecular weight is 343 g/mol. The molecular weight excluding hydrogens is 329 g/mol. The summed E-state index contributed by atoms with van der Waals surface area (Å²) in [5, 5.41) is 3.83. The molecule has 0 aromatic heterocycles. The molecule has 0 aliphatic rings. The highest BCUT2D eigenvalue weighted by Crippen LogP contribution is 2.20. The monoisotopic (exact) mass is 341 g/mol. The van der Waals surface area contributed by atoms with E-state index in [0.29, 0.717) is 11.6 Å². The van der Waals surface area contributed by atoms with Gasteiger partial charge in [-0.2, -0.15) is 0 Å². The van der Waals surface area contributed by atoms with Crippen LogP contribution in [0.4, 0.5) is 4.39 Å². The van der Waals surface area contributed by atoms with Crippen LogP contribution in [0.25, 0.3) is 0 Å². The van der Waals surface area contributed by atoms with Gasteiger partial charge in [-0.25, -0.2) is 4.39 Å². The summed E-state index contributed by atoms with van der Waals surface area (Å²) in [6.07, 6.45) is 0. The van der Waals surface area contributed by atoms with Crippen molar-refractivity contribution in [1.29, 1.82) is 0 Å². The Bertz CT molecular complexity index is 574. The van der Waals surface area contributed by atoms with E-state index in [1.54, 1.807) is 6.07 Å². The summed E-state index contributed by atoms with van der Waals surface area (Å²) in [5.41, 5.74) is 2.08. The zero-order valence-electron chi connectivity index (χ0n) is 10.5. The van der Waals surface area contributed by atoms with Crippen LogP contribution in [-0.2, 0) is 6.54 Å². The number of hydrogen-bond donors (Lipinski definition) is 1. The second-order valence-corrected chi connectivity index (χ2v) is 5.72. The van der Waals surface area contributed by atoms with Gasteiger partial charge in [-0.15, -0.1) is 0 Å². The van der Waals surface area contributed by atoms with Gasteiger partial charge in [-0.05, 0) is 42.3 Å². The molecule has 0 heterocycles. The molecule has 2 rings (SSSR count). The molecule has 0 saturated carbocycles. The second kappa shape index (κ2) is 6.51.